The first-order chi connectivity index (χ1) is 32.6. The summed E-state index contributed by atoms with van der Waals surface area (Å²) in [5.41, 5.74) is 0. The summed E-state index contributed by atoms with van der Waals surface area (Å²) in [5.74, 6) is -1.51. The third kappa shape index (κ3) is 47.1. The fraction of sp³-hybridized carbons (Fsp3) is 0.678. The summed E-state index contributed by atoms with van der Waals surface area (Å²) >= 11 is 0. The van der Waals surface area contributed by atoms with E-state index in [2.05, 4.69) is 111 Å². The van der Waals surface area contributed by atoms with Crippen molar-refractivity contribution in [1.29, 1.82) is 0 Å². The Bertz CT molecular complexity index is 1410. The average Bonchev–Trinajstić information content (AvgIpc) is 3.29. The number of carbonyl (C=O) groups excluding carboxylic acids is 2. The molecule has 0 bridgehead atoms. The lowest BCUT2D eigenvalue weighted by molar-refractivity contribution is -0.887. The first-order valence-corrected chi connectivity index (χ1v) is 26.8. The van der Waals surface area contributed by atoms with Gasteiger partial charge in [-0.05, 0) is 89.9 Å². The molecule has 0 aliphatic carbocycles. The van der Waals surface area contributed by atoms with Crippen LogP contribution in [0.4, 0.5) is 0 Å². The molecule has 0 saturated heterocycles. The van der Waals surface area contributed by atoms with Gasteiger partial charge >= 0.3 is 17.9 Å². The highest BCUT2D eigenvalue weighted by atomic mass is 16.6. The number of allylic oxidation sites excluding steroid dienone is 16. The summed E-state index contributed by atoms with van der Waals surface area (Å²) in [6, 6.07) is -0.627. The summed E-state index contributed by atoms with van der Waals surface area (Å²) in [4.78, 5) is 37.2. The van der Waals surface area contributed by atoms with Crippen LogP contribution in [0.25, 0.3) is 0 Å². The van der Waals surface area contributed by atoms with Crippen LogP contribution < -0.4 is 0 Å². The monoisotopic (exact) mass is 935 g/mol. The van der Waals surface area contributed by atoms with Gasteiger partial charge in [-0.3, -0.25) is 9.59 Å². The lowest BCUT2D eigenvalue weighted by atomic mass is 10.0. The highest BCUT2D eigenvalue weighted by Crippen LogP contribution is 2.15. The molecule has 8 heteroatoms. The van der Waals surface area contributed by atoms with E-state index in [0.717, 1.165) is 96.3 Å². The van der Waals surface area contributed by atoms with Crippen LogP contribution in [0.2, 0.25) is 0 Å². The van der Waals surface area contributed by atoms with Gasteiger partial charge in [-0.1, -0.05) is 195 Å². The van der Waals surface area contributed by atoms with Gasteiger partial charge in [-0.2, -0.15) is 0 Å². The number of carbonyl (C=O) groups is 3. The summed E-state index contributed by atoms with van der Waals surface area (Å²) in [6.45, 7) is 4.49. The number of carboxylic acids is 1. The van der Waals surface area contributed by atoms with Gasteiger partial charge in [0, 0.05) is 19.3 Å². The number of ether oxygens (including phenoxy) is 3. The molecule has 0 aliphatic rings. The van der Waals surface area contributed by atoms with Crippen LogP contribution in [0.1, 0.15) is 206 Å². The molecule has 2 unspecified atom stereocenters. The van der Waals surface area contributed by atoms with E-state index in [1.54, 1.807) is 0 Å². The molecule has 0 radical (unpaired) electrons. The van der Waals surface area contributed by atoms with E-state index in [4.69, 9.17) is 14.2 Å². The zero-order valence-electron chi connectivity index (χ0n) is 43.6. The molecule has 0 aromatic heterocycles. The van der Waals surface area contributed by atoms with Gasteiger partial charge in [0.2, 0.25) is 0 Å². The number of aliphatic carboxylic acids is 1. The molecule has 0 aromatic rings. The van der Waals surface area contributed by atoms with Crippen molar-refractivity contribution in [1.82, 2.24) is 0 Å². The van der Waals surface area contributed by atoms with Crippen LogP contribution in [-0.4, -0.2) is 80.6 Å². The molecule has 0 rings (SSSR count). The second-order valence-electron chi connectivity index (χ2n) is 18.7. The molecule has 0 aliphatic heterocycles. The molecular formula is C59H100NO7+. The Morgan fingerprint density at radius 1 is 0.448 bits per heavy atom. The summed E-state index contributed by atoms with van der Waals surface area (Å²) < 4.78 is 17.3. The smallest absolute Gasteiger partial charge is 0.362 e. The number of hydrogen-bond donors (Lipinski definition) is 1. The molecule has 0 heterocycles. The van der Waals surface area contributed by atoms with Crippen molar-refractivity contribution in [3.8, 4) is 0 Å². The number of carboxylic acid groups (broad SMARTS) is 1. The van der Waals surface area contributed by atoms with Crippen molar-refractivity contribution in [2.75, 3.05) is 41.0 Å². The van der Waals surface area contributed by atoms with E-state index in [-0.39, 0.29) is 42.7 Å². The minimum atomic E-state index is -0.883. The van der Waals surface area contributed by atoms with Gasteiger partial charge in [0.15, 0.2) is 12.1 Å². The zero-order chi connectivity index (χ0) is 49.2. The Labute approximate surface area is 411 Å². The van der Waals surface area contributed by atoms with E-state index in [0.29, 0.717) is 12.8 Å². The van der Waals surface area contributed by atoms with E-state index in [9.17, 15) is 19.5 Å². The molecule has 67 heavy (non-hydrogen) atoms. The maximum absolute atomic E-state index is 12.8. The zero-order valence-corrected chi connectivity index (χ0v) is 43.6. The molecule has 382 valence electrons. The topological polar surface area (TPSA) is 99.1 Å². The number of hydrogen-bond acceptors (Lipinski definition) is 6. The maximum atomic E-state index is 12.8. The predicted octanol–water partition coefficient (Wildman–Crippen LogP) is 15.8. The predicted molar refractivity (Wildman–Crippen MR) is 284 cm³/mol. The molecule has 0 fully saturated rings. The number of unbranched alkanes of at least 4 members (excludes halogenated alkanes) is 17. The van der Waals surface area contributed by atoms with Crippen molar-refractivity contribution in [2.24, 2.45) is 0 Å². The quantitative estimate of drug-likeness (QED) is 0.0281. The lowest BCUT2D eigenvalue weighted by Gasteiger charge is -2.31. The summed E-state index contributed by atoms with van der Waals surface area (Å²) in [7, 11) is 5.52. The number of rotatable bonds is 47. The van der Waals surface area contributed by atoms with E-state index in [1.165, 1.54) is 77.0 Å². The Balaban J connectivity index is 4.29. The number of esters is 2. The van der Waals surface area contributed by atoms with Gasteiger partial charge < -0.3 is 23.8 Å². The SMILES string of the molecule is CC/C=C/C/C=C/C/C=C/C/C=C/C/C=C/C/C=C/CCCCCC(=O)OC(COCCC(C(=O)O)[N+](C)(C)C)COC(=O)CCCCCCCCCCCCCCCC/C=C/C/C=C/CC. The van der Waals surface area contributed by atoms with Gasteiger partial charge in [-0.15, -0.1) is 0 Å². The maximum Gasteiger partial charge on any atom is 0.362 e. The standard InChI is InChI=1S/C59H99NO7/c1-6-8-10-12-14-16-18-20-22-24-26-28-30-32-34-36-38-40-42-44-46-48-50-58(62)67-55(53-65-52-51-56(59(63)64)60(3,4)5)54-66-57(61)49-47-45-43-41-39-37-35-33-31-29-27-25-23-21-19-17-15-13-11-9-7-2/h8-11,14-17,20,22,26,28,32,34,38,40,55-56H,6-7,12-13,18-19,21,23-25,27,29-31,33,35-37,39,41-54H2,1-5H3/p+1/b10-8+,11-9+,16-14+,17-15+,22-20+,28-26+,34-32+,40-38+. The van der Waals surface area contributed by atoms with Gasteiger partial charge in [0.05, 0.1) is 34.4 Å². The number of likely N-dealkylation sites (N-methyl/N-ethyl adjacent to an activating group) is 1. The molecule has 0 spiro atoms. The number of quaternary nitrogens is 1. The third-order valence-electron chi connectivity index (χ3n) is 11.5. The van der Waals surface area contributed by atoms with Gasteiger partial charge in [0.1, 0.15) is 6.61 Å². The van der Waals surface area contributed by atoms with Crippen molar-refractivity contribution in [3.05, 3.63) is 97.2 Å². The molecule has 0 saturated carbocycles. The fourth-order valence-electron chi connectivity index (χ4n) is 7.43. The second-order valence-corrected chi connectivity index (χ2v) is 18.7. The molecule has 1 N–H and O–H groups in total. The molecule has 2 atom stereocenters. The summed E-state index contributed by atoms with van der Waals surface area (Å²) in [6.07, 6.45) is 66.1. The summed E-state index contributed by atoms with van der Waals surface area (Å²) in [5, 5.41) is 9.67. The van der Waals surface area contributed by atoms with E-state index >= 15 is 0 Å². The Kier molecular flexibility index (Phi) is 46.0. The Morgan fingerprint density at radius 3 is 1.18 bits per heavy atom. The largest absolute Gasteiger partial charge is 0.477 e. The van der Waals surface area contributed by atoms with Crippen LogP contribution >= 0.6 is 0 Å². The highest BCUT2D eigenvalue weighted by Gasteiger charge is 2.31. The van der Waals surface area contributed by atoms with Crippen LogP contribution in [-0.2, 0) is 28.6 Å². The Morgan fingerprint density at radius 2 is 0.791 bits per heavy atom. The normalized spacial score (nSPS) is 13.6. The highest BCUT2D eigenvalue weighted by molar-refractivity contribution is 5.72. The van der Waals surface area contributed by atoms with Crippen LogP contribution in [0, 0.1) is 0 Å². The lowest BCUT2D eigenvalue weighted by Crippen LogP contribution is -2.50. The second kappa shape index (κ2) is 48.7. The van der Waals surface area contributed by atoms with Crippen molar-refractivity contribution in [2.45, 2.75) is 219 Å². The van der Waals surface area contributed by atoms with Gasteiger partial charge in [-0.25, -0.2) is 4.79 Å². The van der Waals surface area contributed by atoms with Crippen LogP contribution in [0.15, 0.2) is 97.2 Å². The van der Waals surface area contributed by atoms with Crippen molar-refractivity contribution >= 4 is 17.9 Å². The van der Waals surface area contributed by atoms with Gasteiger partial charge in [0.25, 0.3) is 0 Å². The fourth-order valence-corrected chi connectivity index (χ4v) is 7.43. The van der Waals surface area contributed by atoms with Crippen molar-refractivity contribution < 1.29 is 38.2 Å². The minimum Gasteiger partial charge on any atom is -0.477 e. The van der Waals surface area contributed by atoms with Crippen molar-refractivity contribution in [3.63, 3.8) is 0 Å². The molecular weight excluding hydrogens is 835 g/mol. The third-order valence-corrected chi connectivity index (χ3v) is 11.5. The van der Waals surface area contributed by atoms with E-state index in [1.807, 2.05) is 21.1 Å². The Hall–Kier alpha value is -3.75. The van der Waals surface area contributed by atoms with Crippen LogP contribution in [0.3, 0.4) is 0 Å². The first-order valence-electron chi connectivity index (χ1n) is 26.8. The molecule has 8 nitrogen and oxygen atoms in total. The molecule has 0 amide bonds. The average molecular weight is 935 g/mol. The first kappa shape index (κ1) is 63.2. The number of nitrogens with zero attached hydrogens (tertiary/aromatic N) is 1. The van der Waals surface area contributed by atoms with Crippen LogP contribution in [0.5, 0.6) is 0 Å². The van der Waals surface area contributed by atoms with E-state index < -0.39 is 18.1 Å². The minimum absolute atomic E-state index is 0.0427. The molecule has 0 aromatic carbocycles.